The molecule has 2 saturated heterocycles. The van der Waals surface area contributed by atoms with Crippen molar-refractivity contribution in [3.63, 3.8) is 0 Å². The van der Waals surface area contributed by atoms with Crippen molar-refractivity contribution in [2.45, 2.75) is 74.0 Å². The van der Waals surface area contributed by atoms with E-state index in [1.54, 1.807) is 14.2 Å². The molecule has 2 aliphatic heterocycles. The van der Waals surface area contributed by atoms with Gasteiger partial charge >= 0.3 is 0 Å². The zero-order valence-electron chi connectivity index (χ0n) is 28.6. The molecule has 4 aromatic rings. The summed E-state index contributed by atoms with van der Waals surface area (Å²) < 4.78 is 19.1. The summed E-state index contributed by atoms with van der Waals surface area (Å²) in [5, 5.41) is 0. The van der Waals surface area contributed by atoms with Crippen LogP contribution < -0.4 is 0 Å². The molecule has 2 unspecified atom stereocenters. The van der Waals surface area contributed by atoms with Gasteiger partial charge in [-0.15, -0.1) is 0 Å². The van der Waals surface area contributed by atoms with E-state index in [4.69, 9.17) is 18.9 Å². The Labute approximate surface area is 276 Å². The van der Waals surface area contributed by atoms with Crippen molar-refractivity contribution < 1.29 is 18.9 Å². The van der Waals surface area contributed by atoms with Gasteiger partial charge in [0.25, 0.3) is 0 Å². The number of benzene rings is 4. The van der Waals surface area contributed by atoms with E-state index >= 15 is 0 Å². The lowest BCUT2D eigenvalue weighted by Gasteiger charge is -2.04. The Morgan fingerprint density at radius 1 is 0.489 bits per heavy atom. The minimum absolute atomic E-state index is 0. The van der Waals surface area contributed by atoms with Crippen LogP contribution in [0.3, 0.4) is 0 Å². The summed E-state index contributed by atoms with van der Waals surface area (Å²) >= 11 is 0. The summed E-state index contributed by atoms with van der Waals surface area (Å²) in [5.74, 6) is 0. The zero-order chi connectivity index (χ0) is 32.7. The molecular weight excluding hydrogens is 556 g/mol. The summed E-state index contributed by atoms with van der Waals surface area (Å²) in [6.45, 7) is 15.7. The van der Waals surface area contributed by atoms with Gasteiger partial charge in [0.2, 0.25) is 0 Å². The standard InChI is InChI=1S/C16H18.2C6H6.2C4H8O2.2C2H6.CH4/c1-3-13-5-9-15(10-6-13)16-11-7-14(4-2)8-12-16;2*1-2-4-6-5-3-1;2*1-5-2-4-3-6-4;2*1-2;/h5-12H,3-4H2,1-2H3;2*1-6H;2*4H,2-3H2,1H3;2*1-2H3;1H4. The van der Waals surface area contributed by atoms with Crippen LogP contribution in [0.4, 0.5) is 0 Å². The van der Waals surface area contributed by atoms with Gasteiger partial charge in [0, 0.05) is 14.2 Å². The maximum Gasteiger partial charge on any atom is 0.104 e. The Balaban J connectivity index is 0. The molecule has 2 aliphatic rings. The normalized spacial score (nSPS) is 14.2. The number of rotatable bonds is 7. The van der Waals surface area contributed by atoms with Gasteiger partial charge in [-0.25, -0.2) is 0 Å². The predicted molar refractivity (Wildman–Crippen MR) is 196 cm³/mol. The molecule has 2 heterocycles. The van der Waals surface area contributed by atoms with Crippen molar-refractivity contribution in [2.75, 3.05) is 40.6 Å². The molecule has 250 valence electrons. The summed E-state index contributed by atoms with van der Waals surface area (Å²) in [7, 11) is 3.36. The van der Waals surface area contributed by atoms with E-state index in [9.17, 15) is 0 Å². The molecule has 4 nitrogen and oxygen atoms in total. The average molecular weight is 619 g/mol. The van der Waals surface area contributed by atoms with E-state index < -0.39 is 0 Å². The third-order valence-electron chi connectivity index (χ3n) is 5.90. The van der Waals surface area contributed by atoms with E-state index in [1.165, 1.54) is 22.3 Å². The van der Waals surface area contributed by atoms with Crippen LogP contribution in [-0.2, 0) is 31.8 Å². The van der Waals surface area contributed by atoms with Crippen LogP contribution in [0.25, 0.3) is 11.1 Å². The first-order valence-electron chi connectivity index (χ1n) is 16.1. The highest BCUT2D eigenvalue weighted by atomic mass is 16.6. The van der Waals surface area contributed by atoms with Crippen LogP contribution in [0.2, 0.25) is 0 Å². The molecule has 2 fully saturated rings. The Bertz CT molecular complexity index is 932. The van der Waals surface area contributed by atoms with E-state index in [0.29, 0.717) is 12.2 Å². The highest BCUT2D eigenvalue weighted by Crippen LogP contribution is 2.20. The number of ether oxygens (including phenoxy) is 4. The summed E-state index contributed by atoms with van der Waals surface area (Å²) in [5.41, 5.74) is 5.41. The van der Waals surface area contributed by atoms with Crippen LogP contribution in [0.5, 0.6) is 0 Å². The third-order valence-corrected chi connectivity index (χ3v) is 5.90. The molecular formula is C41H62O4. The van der Waals surface area contributed by atoms with Crippen molar-refractivity contribution in [3.05, 3.63) is 132 Å². The average Bonchev–Trinajstić information content (AvgIpc) is 4.08. The smallest absolute Gasteiger partial charge is 0.104 e. The van der Waals surface area contributed by atoms with Gasteiger partial charge in [-0.3, -0.25) is 0 Å². The lowest BCUT2D eigenvalue weighted by molar-refractivity contribution is 0.171. The highest BCUT2D eigenvalue weighted by molar-refractivity contribution is 5.63. The molecule has 4 heteroatoms. The Morgan fingerprint density at radius 3 is 0.844 bits per heavy atom. The molecule has 6 rings (SSSR count). The first-order chi connectivity index (χ1) is 21.7. The molecule has 0 spiro atoms. The summed E-state index contributed by atoms with van der Waals surface area (Å²) in [6.07, 6.45) is 3.06. The van der Waals surface area contributed by atoms with Crippen molar-refractivity contribution in [1.82, 2.24) is 0 Å². The Morgan fingerprint density at radius 2 is 0.711 bits per heavy atom. The van der Waals surface area contributed by atoms with Crippen LogP contribution in [0.15, 0.2) is 121 Å². The monoisotopic (exact) mass is 618 g/mol. The number of methoxy groups -OCH3 is 2. The molecule has 2 atom stereocenters. The first-order valence-corrected chi connectivity index (χ1v) is 16.1. The van der Waals surface area contributed by atoms with Gasteiger partial charge in [0.05, 0.1) is 26.4 Å². The molecule has 0 aliphatic carbocycles. The fraction of sp³-hybridized carbons (Fsp3) is 0.415. The molecule has 0 saturated carbocycles. The molecule has 0 amide bonds. The minimum Gasteiger partial charge on any atom is -0.382 e. The van der Waals surface area contributed by atoms with Crippen LogP contribution >= 0.6 is 0 Å². The number of aryl methyl sites for hydroxylation is 2. The fourth-order valence-electron chi connectivity index (χ4n) is 3.34. The van der Waals surface area contributed by atoms with Crippen molar-refractivity contribution in [1.29, 1.82) is 0 Å². The zero-order valence-corrected chi connectivity index (χ0v) is 28.6. The lowest BCUT2D eigenvalue weighted by Crippen LogP contribution is -1.94. The SMILES string of the molecule is C.CC.CC.CCc1ccc(-c2ccc(CC)cc2)cc1.COCC1CO1.COCC1CO1.c1ccccc1.c1ccccc1. The Kier molecular flexibility index (Phi) is 31.3. The third kappa shape index (κ3) is 25.7. The second-order valence-electron chi connectivity index (χ2n) is 9.23. The quantitative estimate of drug-likeness (QED) is 0.193. The van der Waals surface area contributed by atoms with Crippen LogP contribution in [-0.4, -0.2) is 52.9 Å². The number of hydrogen-bond donors (Lipinski definition) is 0. The largest absolute Gasteiger partial charge is 0.382 e. The van der Waals surface area contributed by atoms with Gasteiger partial charge in [0.1, 0.15) is 12.2 Å². The van der Waals surface area contributed by atoms with Gasteiger partial charge in [-0.1, -0.05) is 170 Å². The van der Waals surface area contributed by atoms with E-state index in [-0.39, 0.29) is 7.43 Å². The molecule has 0 bridgehead atoms. The second-order valence-corrected chi connectivity index (χ2v) is 9.23. The van der Waals surface area contributed by atoms with Crippen LogP contribution in [0.1, 0.15) is 60.1 Å². The van der Waals surface area contributed by atoms with Gasteiger partial charge in [-0.05, 0) is 35.1 Å². The first kappa shape index (κ1) is 43.8. The molecule has 0 N–H and O–H groups in total. The topological polar surface area (TPSA) is 43.5 Å². The lowest BCUT2D eigenvalue weighted by atomic mass is 10.0. The molecule has 45 heavy (non-hydrogen) atoms. The maximum atomic E-state index is 4.82. The van der Waals surface area contributed by atoms with Crippen molar-refractivity contribution in [3.8, 4) is 11.1 Å². The maximum absolute atomic E-state index is 4.82. The Hall–Kier alpha value is -3.28. The number of hydrogen-bond acceptors (Lipinski definition) is 4. The van der Waals surface area contributed by atoms with E-state index in [2.05, 4.69) is 62.4 Å². The second kappa shape index (κ2) is 32.1. The minimum atomic E-state index is 0. The molecule has 0 radical (unpaired) electrons. The summed E-state index contributed by atoms with van der Waals surface area (Å²) in [6, 6.07) is 41.7. The molecule has 0 aromatic heterocycles. The van der Waals surface area contributed by atoms with Crippen molar-refractivity contribution in [2.24, 2.45) is 0 Å². The molecule has 4 aromatic carbocycles. The number of epoxide rings is 2. The highest BCUT2D eigenvalue weighted by Gasteiger charge is 2.21. The van der Waals surface area contributed by atoms with Gasteiger partial charge in [0.15, 0.2) is 0 Å². The van der Waals surface area contributed by atoms with Gasteiger partial charge < -0.3 is 18.9 Å². The predicted octanol–water partition coefficient (Wildman–Crippen LogP) is 10.6. The van der Waals surface area contributed by atoms with Gasteiger partial charge in [-0.2, -0.15) is 0 Å². The van der Waals surface area contributed by atoms with E-state index in [1.807, 2.05) is 100 Å². The van der Waals surface area contributed by atoms with Crippen LogP contribution in [0, 0.1) is 0 Å². The van der Waals surface area contributed by atoms with E-state index in [0.717, 1.165) is 39.3 Å². The van der Waals surface area contributed by atoms with Crippen molar-refractivity contribution >= 4 is 0 Å². The summed E-state index contributed by atoms with van der Waals surface area (Å²) in [4.78, 5) is 0. The fourth-order valence-corrected chi connectivity index (χ4v) is 3.34.